The van der Waals surface area contributed by atoms with Gasteiger partial charge in [0.2, 0.25) is 20.0 Å². The second kappa shape index (κ2) is 8.13. The molecule has 9 heteroatoms. The van der Waals surface area contributed by atoms with Gasteiger partial charge in [-0.3, -0.25) is 0 Å². The largest absolute Gasteiger partial charge is 0.329 e. The van der Waals surface area contributed by atoms with Gasteiger partial charge in [-0.1, -0.05) is 18.9 Å². The minimum absolute atomic E-state index is 0.0178. The Morgan fingerprint density at radius 2 is 1.64 bits per heavy atom. The van der Waals surface area contributed by atoms with Gasteiger partial charge in [-0.2, -0.15) is 8.61 Å². The molecule has 0 amide bonds. The van der Waals surface area contributed by atoms with Gasteiger partial charge in [0.1, 0.15) is 0 Å². The quantitative estimate of drug-likeness (QED) is 0.788. The van der Waals surface area contributed by atoms with Crippen molar-refractivity contribution in [2.75, 3.05) is 26.7 Å². The zero-order valence-corrected chi connectivity index (χ0v) is 16.4. The first-order valence-corrected chi connectivity index (χ1v) is 11.4. The van der Waals surface area contributed by atoms with Crippen molar-refractivity contribution >= 4 is 20.0 Å². The van der Waals surface area contributed by atoms with E-state index in [0.29, 0.717) is 13.1 Å². The maximum absolute atomic E-state index is 12.9. The van der Waals surface area contributed by atoms with E-state index in [-0.39, 0.29) is 22.4 Å². The van der Waals surface area contributed by atoms with Crippen molar-refractivity contribution in [3.05, 3.63) is 24.3 Å². The monoisotopic (exact) mass is 389 g/mol. The fourth-order valence-corrected chi connectivity index (χ4v) is 5.83. The van der Waals surface area contributed by atoms with Crippen LogP contribution in [0, 0.1) is 0 Å². The van der Waals surface area contributed by atoms with E-state index in [4.69, 9.17) is 5.73 Å². The third-order valence-corrected chi connectivity index (χ3v) is 8.51. The van der Waals surface area contributed by atoms with Crippen LogP contribution in [-0.2, 0) is 20.0 Å². The van der Waals surface area contributed by atoms with Crippen LogP contribution in [0.2, 0.25) is 0 Å². The summed E-state index contributed by atoms with van der Waals surface area (Å²) >= 11 is 0. The maximum atomic E-state index is 12.9. The molecule has 25 heavy (non-hydrogen) atoms. The first kappa shape index (κ1) is 20.3. The van der Waals surface area contributed by atoms with Crippen LogP contribution >= 0.6 is 0 Å². The number of nitrogens with two attached hydrogens (primary N) is 1. The number of rotatable bonds is 6. The van der Waals surface area contributed by atoms with Crippen molar-refractivity contribution in [2.24, 2.45) is 5.73 Å². The van der Waals surface area contributed by atoms with E-state index in [1.165, 1.54) is 39.9 Å². The number of sulfonamides is 2. The Balaban J connectivity index is 2.38. The van der Waals surface area contributed by atoms with Gasteiger partial charge in [-0.15, -0.1) is 0 Å². The van der Waals surface area contributed by atoms with E-state index < -0.39 is 20.0 Å². The molecule has 0 aromatic heterocycles. The molecule has 1 saturated heterocycles. The first-order chi connectivity index (χ1) is 11.7. The summed E-state index contributed by atoms with van der Waals surface area (Å²) in [5.41, 5.74) is 5.55. The molecule has 2 rings (SSSR count). The van der Waals surface area contributed by atoms with Crippen LogP contribution in [0.25, 0.3) is 0 Å². The summed E-state index contributed by atoms with van der Waals surface area (Å²) in [5, 5.41) is 0. The van der Waals surface area contributed by atoms with Gasteiger partial charge < -0.3 is 5.73 Å². The minimum atomic E-state index is -3.80. The second-order valence-electron chi connectivity index (χ2n) is 6.40. The lowest BCUT2D eigenvalue weighted by atomic mass is 10.2. The lowest BCUT2D eigenvalue weighted by Gasteiger charge is -2.24. The summed E-state index contributed by atoms with van der Waals surface area (Å²) in [6.45, 7) is 2.84. The van der Waals surface area contributed by atoms with Gasteiger partial charge in [0.05, 0.1) is 9.79 Å². The van der Waals surface area contributed by atoms with Crippen LogP contribution in [-0.4, -0.2) is 58.2 Å². The minimum Gasteiger partial charge on any atom is -0.329 e. The number of hydrogen-bond acceptors (Lipinski definition) is 5. The Kier molecular flexibility index (Phi) is 6.61. The van der Waals surface area contributed by atoms with Crippen molar-refractivity contribution < 1.29 is 16.8 Å². The molecule has 1 unspecified atom stereocenters. The highest BCUT2D eigenvalue weighted by molar-refractivity contribution is 7.90. The molecule has 2 N–H and O–H groups in total. The number of nitrogens with zero attached hydrogens (tertiary/aromatic N) is 2. The molecule has 0 aliphatic carbocycles. The molecule has 1 atom stereocenters. The molecule has 1 aromatic carbocycles. The highest BCUT2D eigenvalue weighted by Gasteiger charge is 2.29. The molecule has 0 spiro atoms. The smallest absolute Gasteiger partial charge is 0.243 e. The Morgan fingerprint density at radius 3 is 2.20 bits per heavy atom. The summed E-state index contributed by atoms with van der Waals surface area (Å²) in [7, 11) is -6.05. The van der Waals surface area contributed by atoms with Crippen molar-refractivity contribution in [3.63, 3.8) is 0 Å². The Morgan fingerprint density at radius 1 is 1.08 bits per heavy atom. The maximum Gasteiger partial charge on any atom is 0.243 e. The van der Waals surface area contributed by atoms with Crippen LogP contribution in [0.3, 0.4) is 0 Å². The summed E-state index contributed by atoms with van der Waals surface area (Å²) < 4.78 is 53.8. The topological polar surface area (TPSA) is 101 Å². The van der Waals surface area contributed by atoms with Gasteiger partial charge in [-0.25, -0.2) is 16.8 Å². The average Bonchev–Trinajstić information content (AvgIpc) is 2.90. The molecule has 0 saturated carbocycles. The molecular weight excluding hydrogens is 362 g/mol. The van der Waals surface area contributed by atoms with Gasteiger partial charge >= 0.3 is 0 Å². The number of hydrogen-bond donors (Lipinski definition) is 1. The average molecular weight is 390 g/mol. The summed E-state index contributed by atoms with van der Waals surface area (Å²) in [6, 6.07) is 5.20. The standard InChI is InChI=1S/C16H27N3O4S2/c1-14(13-17)18(2)24(20,21)15-8-7-9-16(12-15)25(22,23)19-10-5-3-4-6-11-19/h7-9,12,14H,3-6,10-11,13,17H2,1-2H3. The number of benzene rings is 1. The van der Waals surface area contributed by atoms with E-state index in [1.807, 2.05) is 0 Å². The predicted octanol–water partition coefficient (Wildman–Crippen LogP) is 1.22. The molecule has 1 aliphatic rings. The molecule has 1 aromatic rings. The van der Waals surface area contributed by atoms with Crippen LogP contribution in [0.4, 0.5) is 0 Å². The molecule has 142 valence electrons. The molecular formula is C16H27N3O4S2. The van der Waals surface area contributed by atoms with Crippen molar-refractivity contribution in [2.45, 2.75) is 48.4 Å². The second-order valence-corrected chi connectivity index (χ2v) is 10.3. The zero-order valence-electron chi connectivity index (χ0n) is 14.8. The van der Waals surface area contributed by atoms with Crippen molar-refractivity contribution in [3.8, 4) is 0 Å². The van der Waals surface area contributed by atoms with Gasteiger partial charge in [0, 0.05) is 32.7 Å². The zero-order chi connectivity index (χ0) is 18.7. The van der Waals surface area contributed by atoms with E-state index >= 15 is 0 Å². The normalized spacial score (nSPS) is 18.9. The predicted molar refractivity (Wildman–Crippen MR) is 97.1 cm³/mol. The van der Waals surface area contributed by atoms with Crippen LogP contribution in [0.5, 0.6) is 0 Å². The highest BCUT2D eigenvalue weighted by atomic mass is 32.2. The van der Waals surface area contributed by atoms with Crippen LogP contribution < -0.4 is 5.73 Å². The van der Waals surface area contributed by atoms with E-state index in [0.717, 1.165) is 25.7 Å². The lowest BCUT2D eigenvalue weighted by molar-refractivity contribution is 0.394. The molecule has 1 heterocycles. The van der Waals surface area contributed by atoms with Gasteiger partial charge in [0.15, 0.2) is 0 Å². The first-order valence-electron chi connectivity index (χ1n) is 8.49. The van der Waals surface area contributed by atoms with Crippen LogP contribution in [0.15, 0.2) is 34.1 Å². The molecule has 1 aliphatic heterocycles. The Labute approximate surface area is 150 Å². The molecule has 0 bridgehead atoms. The third-order valence-electron chi connectivity index (χ3n) is 4.65. The fraction of sp³-hybridized carbons (Fsp3) is 0.625. The summed E-state index contributed by atoms with van der Waals surface area (Å²) in [4.78, 5) is -0.0181. The highest BCUT2D eigenvalue weighted by Crippen LogP contribution is 2.24. The van der Waals surface area contributed by atoms with Crippen LogP contribution in [0.1, 0.15) is 32.6 Å². The molecule has 1 fully saturated rings. The van der Waals surface area contributed by atoms with Gasteiger partial charge in [-0.05, 0) is 38.0 Å². The third kappa shape index (κ3) is 4.40. The van der Waals surface area contributed by atoms with E-state index in [9.17, 15) is 16.8 Å². The fourth-order valence-electron chi connectivity index (χ4n) is 2.78. The van der Waals surface area contributed by atoms with Crippen molar-refractivity contribution in [1.82, 2.24) is 8.61 Å². The number of likely N-dealkylation sites (N-methyl/N-ethyl adjacent to an activating group) is 1. The van der Waals surface area contributed by atoms with E-state index in [1.54, 1.807) is 6.92 Å². The molecule has 7 nitrogen and oxygen atoms in total. The Hall–Kier alpha value is -1.00. The lowest BCUT2D eigenvalue weighted by Crippen LogP contribution is -2.39. The Bertz CT molecular complexity index is 785. The van der Waals surface area contributed by atoms with Crippen molar-refractivity contribution in [1.29, 1.82) is 0 Å². The summed E-state index contributed by atoms with van der Waals surface area (Å²) in [6.07, 6.45) is 3.69. The van der Waals surface area contributed by atoms with E-state index in [2.05, 4.69) is 0 Å². The van der Waals surface area contributed by atoms with Gasteiger partial charge in [0.25, 0.3) is 0 Å². The SMILES string of the molecule is CC(CN)N(C)S(=O)(=O)c1cccc(S(=O)(=O)N2CCCCCC2)c1. The molecule has 0 radical (unpaired) electrons. The summed E-state index contributed by atoms with van der Waals surface area (Å²) in [5.74, 6) is 0.